The number of hydrogen-bond acceptors (Lipinski definition) is 6. The number of amides is 1. The average molecular weight is 395 g/mol. The van der Waals surface area contributed by atoms with E-state index in [1.54, 1.807) is 19.9 Å². The quantitative estimate of drug-likeness (QED) is 0.595. The minimum absolute atomic E-state index is 0.238. The van der Waals surface area contributed by atoms with Gasteiger partial charge in [0.2, 0.25) is 0 Å². The van der Waals surface area contributed by atoms with Gasteiger partial charge in [-0.3, -0.25) is 20.3 Å². The van der Waals surface area contributed by atoms with Crippen LogP contribution in [0.4, 0.5) is 5.69 Å². The summed E-state index contributed by atoms with van der Waals surface area (Å²) in [4.78, 5) is 25.9. The fourth-order valence-electron chi connectivity index (χ4n) is 2.86. The molecule has 3 rings (SSSR count). The number of hydrogen-bond donors (Lipinski definition) is 2. The molecule has 2 aromatic rings. The summed E-state index contributed by atoms with van der Waals surface area (Å²) >= 11 is 1.35. The first kappa shape index (κ1) is 18.5. The number of nitrogens with zero attached hydrogens (tertiary/aromatic N) is 1. The molecule has 1 heterocycles. The Kier molecular flexibility index (Phi) is 4.82. The van der Waals surface area contributed by atoms with Crippen LogP contribution in [0.2, 0.25) is 0 Å². The minimum Gasteiger partial charge on any atom is -0.273 e. The van der Waals surface area contributed by atoms with E-state index in [2.05, 4.69) is 5.43 Å². The molecule has 1 aromatic carbocycles. The summed E-state index contributed by atoms with van der Waals surface area (Å²) < 4.78 is 25.0. The number of aryl methyl sites for hydroxylation is 3. The van der Waals surface area contributed by atoms with Crippen LogP contribution in [-0.4, -0.2) is 19.2 Å². The van der Waals surface area contributed by atoms with Crippen molar-refractivity contribution in [3.63, 3.8) is 0 Å². The van der Waals surface area contributed by atoms with Gasteiger partial charge in [0, 0.05) is 17.0 Å². The van der Waals surface area contributed by atoms with E-state index in [9.17, 15) is 23.3 Å². The number of nitro benzene ring substituents is 1. The number of rotatable bonds is 5. The van der Waals surface area contributed by atoms with Crippen molar-refractivity contribution in [2.45, 2.75) is 38.0 Å². The van der Waals surface area contributed by atoms with E-state index in [4.69, 9.17) is 0 Å². The number of carbonyl (C=O) groups is 1. The Balaban J connectivity index is 1.80. The highest BCUT2D eigenvalue weighted by molar-refractivity contribution is 7.89. The zero-order valence-corrected chi connectivity index (χ0v) is 15.8. The van der Waals surface area contributed by atoms with Gasteiger partial charge >= 0.3 is 0 Å². The van der Waals surface area contributed by atoms with Crippen LogP contribution in [0.1, 0.15) is 37.7 Å². The topological polar surface area (TPSA) is 118 Å². The molecule has 0 spiro atoms. The summed E-state index contributed by atoms with van der Waals surface area (Å²) in [5.41, 5.74) is 3.85. The molecule has 8 nitrogen and oxygen atoms in total. The molecule has 0 bridgehead atoms. The van der Waals surface area contributed by atoms with Crippen molar-refractivity contribution >= 4 is 33.0 Å². The smallest absolute Gasteiger partial charge is 0.273 e. The molecule has 2 N–H and O–H groups in total. The molecule has 0 saturated heterocycles. The molecule has 1 aromatic heterocycles. The molecule has 1 aliphatic carbocycles. The van der Waals surface area contributed by atoms with Gasteiger partial charge in [0.05, 0.1) is 14.7 Å². The maximum absolute atomic E-state index is 12.5. The molecule has 1 aliphatic rings. The zero-order chi connectivity index (χ0) is 19.1. The Morgan fingerprint density at radius 1 is 1.23 bits per heavy atom. The van der Waals surface area contributed by atoms with E-state index in [0.717, 1.165) is 35.8 Å². The largest absolute Gasteiger partial charge is 0.276 e. The number of hydrazine groups is 1. The molecule has 0 saturated carbocycles. The van der Waals surface area contributed by atoms with Gasteiger partial charge < -0.3 is 0 Å². The van der Waals surface area contributed by atoms with Crippen LogP contribution in [0.25, 0.3) is 0 Å². The van der Waals surface area contributed by atoms with Gasteiger partial charge in [-0.25, -0.2) is 8.42 Å². The number of benzene rings is 1. The second-order valence-corrected chi connectivity index (χ2v) is 8.90. The number of carbonyl (C=O) groups excluding carboxylic acids is 1. The lowest BCUT2D eigenvalue weighted by molar-refractivity contribution is -0.385. The van der Waals surface area contributed by atoms with Crippen molar-refractivity contribution in [3.8, 4) is 0 Å². The zero-order valence-electron chi connectivity index (χ0n) is 14.2. The molecule has 0 radical (unpaired) electrons. The maximum Gasteiger partial charge on any atom is 0.276 e. The molecule has 0 unspecified atom stereocenters. The van der Waals surface area contributed by atoms with E-state index < -0.39 is 20.9 Å². The molecule has 0 fully saturated rings. The molecule has 0 aliphatic heterocycles. The van der Waals surface area contributed by atoms with Gasteiger partial charge in [0.15, 0.2) is 0 Å². The highest BCUT2D eigenvalue weighted by Crippen LogP contribution is 2.30. The normalized spacial score (nSPS) is 13.5. The second kappa shape index (κ2) is 6.78. The second-order valence-electron chi connectivity index (χ2n) is 6.12. The van der Waals surface area contributed by atoms with Crippen molar-refractivity contribution in [1.82, 2.24) is 10.3 Å². The molecule has 26 heavy (non-hydrogen) atoms. The Hall–Kier alpha value is -2.30. The SMILES string of the molecule is Cc1cc([N+](=O)[O-])cc(S(=O)(=O)NNC(=O)c2cc3c(s2)CCC3)c1C. The maximum atomic E-state index is 12.5. The van der Waals surface area contributed by atoms with E-state index in [1.165, 1.54) is 17.4 Å². The van der Waals surface area contributed by atoms with Crippen molar-refractivity contribution in [3.05, 3.63) is 54.8 Å². The lowest BCUT2D eigenvalue weighted by Gasteiger charge is -2.11. The van der Waals surface area contributed by atoms with Gasteiger partial charge in [0.25, 0.3) is 21.6 Å². The standard InChI is InChI=1S/C16H17N3O5S2/c1-9-6-12(19(21)22)8-15(10(9)2)26(23,24)18-17-16(20)14-7-11-4-3-5-13(11)25-14/h6-8,18H,3-5H2,1-2H3,(H,17,20). The summed E-state index contributed by atoms with van der Waals surface area (Å²) in [6.07, 6.45) is 2.93. The Morgan fingerprint density at radius 2 is 1.96 bits per heavy atom. The third-order valence-electron chi connectivity index (χ3n) is 4.37. The Morgan fingerprint density at radius 3 is 2.62 bits per heavy atom. The fourth-order valence-corrected chi connectivity index (χ4v) is 5.19. The number of fused-ring (bicyclic) bond motifs is 1. The minimum atomic E-state index is -4.15. The number of sulfonamides is 1. The van der Waals surface area contributed by atoms with Crippen molar-refractivity contribution < 1.29 is 18.1 Å². The summed E-state index contributed by atoms with van der Waals surface area (Å²) in [5, 5.41) is 11.0. The molecule has 1 amide bonds. The number of thiophene rings is 1. The van der Waals surface area contributed by atoms with Crippen molar-refractivity contribution in [2.24, 2.45) is 0 Å². The van der Waals surface area contributed by atoms with Crippen molar-refractivity contribution in [1.29, 1.82) is 0 Å². The van der Waals surface area contributed by atoms with Gasteiger partial charge in [0.1, 0.15) is 0 Å². The number of nitrogens with one attached hydrogen (secondary N) is 2. The first-order valence-electron chi connectivity index (χ1n) is 7.88. The van der Waals surface area contributed by atoms with Crippen LogP contribution < -0.4 is 10.3 Å². The third-order valence-corrected chi connectivity index (χ3v) is 6.98. The van der Waals surface area contributed by atoms with Gasteiger partial charge in [-0.05, 0) is 55.9 Å². The van der Waals surface area contributed by atoms with Crippen LogP contribution in [0, 0.1) is 24.0 Å². The highest BCUT2D eigenvalue weighted by Gasteiger charge is 2.24. The van der Waals surface area contributed by atoms with Crippen LogP contribution in [-0.2, 0) is 22.9 Å². The third kappa shape index (κ3) is 3.48. The van der Waals surface area contributed by atoms with Crippen LogP contribution >= 0.6 is 11.3 Å². The summed E-state index contributed by atoms with van der Waals surface area (Å²) in [6, 6.07) is 4.07. The monoisotopic (exact) mass is 395 g/mol. The van der Waals surface area contributed by atoms with E-state index in [-0.39, 0.29) is 10.6 Å². The first-order valence-corrected chi connectivity index (χ1v) is 10.2. The summed E-state index contributed by atoms with van der Waals surface area (Å²) in [6.45, 7) is 3.15. The fraction of sp³-hybridized carbons (Fsp3) is 0.312. The van der Waals surface area contributed by atoms with Crippen LogP contribution in [0.15, 0.2) is 23.1 Å². The Bertz CT molecular complexity index is 990. The van der Waals surface area contributed by atoms with Gasteiger partial charge in [-0.2, -0.15) is 0 Å². The summed E-state index contributed by atoms with van der Waals surface area (Å²) in [7, 11) is -4.15. The first-order chi connectivity index (χ1) is 12.2. The number of nitro groups is 1. The molecule has 138 valence electrons. The predicted molar refractivity (Wildman–Crippen MR) is 96.7 cm³/mol. The lowest BCUT2D eigenvalue weighted by Crippen LogP contribution is -2.41. The summed E-state index contributed by atoms with van der Waals surface area (Å²) in [5.74, 6) is -0.548. The van der Waals surface area contributed by atoms with Crippen LogP contribution in [0.5, 0.6) is 0 Å². The predicted octanol–water partition coefficient (Wildman–Crippen LogP) is 2.39. The Labute approximate surface area is 154 Å². The van der Waals surface area contributed by atoms with Crippen molar-refractivity contribution in [2.75, 3.05) is 0 Å². The van der Waals surface area contributed by atoms with E-state index in [0.29, 0.717) is 16.0 Å². The number of non-ortho nitro benzene ring substituents is 1. The van der Waals surface area contributed by atoms with Gasteiger partial charge in [-0.1, -0.05) is 0 Å². The van der Waals surface area contributed by atoms with Gasteiger partial charge in [-0.15, -0.1) is 16.2 Å². The molecule has 0 atom stereocenters. The average Bonchev–Trinajstić information content (AvgIpc) is 3.16. The molecular formula is C16H17N3O5S2. The highest BCUT2D eigenvalue weighted by atomic mass is 32.2. The molecular weight excluding hydrogens is 378 g/mol. The van der Waals surface area contributed by atoms with E-state index in [1.807, 2.05) is 4.83 Å². The molecule has 10 heteroatoms. The lowest BCUT2D eigenvalue weighted by atomic mass is 10.1. The van der Waals surface area contributed by atoms with E-state index >= 15 is 0 Å². The van der Waals surface area contributed by atoms with Crippen LogP contribution in [0.3, 0.4) is 0 Å².